The van der Waals surface area contributed by atoms with Gasteiger partial charge in [-0.2, -0.15) is 9.78 Å². The molecule has 1 aromatic heterocycles. The lowest BCUT2D eigenvalue weighted by Gasteiger charge is -2.21. The standard InChI is InChI=1S/C23H25N3O4/c1-3-14-25(15-4-2)20(27)16-30-23(29)21-18-12-8-9-13-19(18)22(28)26(24-21)17-10-6-5-7-11-17/h5-13H,3-4,14-16H2,1-2H3. The number of benzene rings is 2. The number of hydrogen-bond acceptors (Lipinski definition) is 5. The van der Waals surface area contributed by atoms with Gasteiger partial charge in [0.1, 0.15) is 0 Å². The summed E-state index contributed by atoms with van der Waals surface area (Å²) in [7, 11) is 0. The highest BCUT2D eigenvalue weighted by molar-refractivity contribution is 6.02. The lowest BCUT2D eigenvalue weighted by atomic mass is 10.1. The Labute approximate surface area is 174 Å². The number of hydrogen-bond donors (Lipinski definition) is 0. The average Bonchev–Trinajstić information content (AvgIpc) is 2.78. The molecule has 0 fully saturated rings. The molecule has 1 heterocycles. The summed E-state index contributed by atoms with van der Waals surface area (Å²) in [4.78, 5) is 39.8. The number of rotatable bonds is 8. The Kier molecular flexibility index (Phi) is 6.95. The summed E-state index contributed by atoms with van der Waals surface area (Å²) in [5.74, 6) is -0.982. The number of nitrogens with zero attached hydrogens (tertiary/aromatic N) is 3. The zero-order chi connectivity index (χ0) is 21.5. The van der Waals surface area contributed by atoms with Crippen molar-refractivity contribution in [3.8, 4) is 5.69 Å². The van der Waals surface area contributed by atoms with Crippen molar-refractivity contribution in [2.75, 3.05) is 19.7 Å². The molecule has 7 nitrogen and oxygen atoms in total. The first kappa shape index (κ1) is 21.2. The minimum Gasteiger partial charge on any atom is -0.451 e. The average molecular weight is 407 g/mol. The highest BCUT2D eigenvalue weighted by Gasteiger charge is 2.21. The first-order chi connectivity index (χ1) is 14.6. The Bertz CT molecular complexity index is 1090. The summed E-state index contributed by atoms with van der Waals surface area (Å²) in [6.07, 6.45) is 1.65. The lowest BCUT2D eigenvalue weighted by molar-refractivity contribution is -0.134. The smallest absolute Gasteiger partial charge is 0.359 e. The van der Waals surface area contributed by atoms with Gasteiger partial charge >= 0.3 is 5.97 Å². The number of ether oxygens (including phenoxy) is 1. The molecule has 3 rings (SSSR count). The van der Waals surface area contributed by atoms with Gasteiger partial charge in [0.2, 0.25) is 0 Å². The molecule has 0 saturated carbocycles. The van der Waals surface area contributed by atoms with Crippen molar-refractivity contribution in [3.63, 3.8) is 0 Å². The van der Waals surface area contributed by atoms with Crippen molar-refractivity contribution < 1.29 is 14.3 Å². The molecule has 2 aromatic carbocycles. The fourth-order valence-corrected chi connectivity index (χ4v) is 3.27. The molecule has 0 aliphatic rings. The second-order valence-corrected chi connectivity index (χ2v) is 6.90. The third kappa shape index (κ3) is 4.56. The van der Waals surface area contributed by atoms with E-state index in [0.29, 0.717) is 29.5 Å². The second kappa shape index (κ2) is 9.82. The molecule has 0 aliphatic carbocycles. The topological polar surface area (TPSA) is 81.5 Å². The molecule has 7 heteroatoms. The van der Waals surface area contributed by atoms with E-state index < -0.39 is 5.97 Å². The normalized spacial score (nSPS) is 10.7. The molecule has 0 bridgehead atoms. The summed E-state index contributed by atoms with van der Waals surface area (Å²) >= 11 is 0. The Morgan fingerprint density at radius 1 is 0.933 bits per heavy atom. The molecule has 0 saturated heterocycles. The molecule has 3 aromatic rings. The Hall–Kier alpha value is -3.48. The van der Waals surface area contributed by atoms with Gasteiger partial charge in [0, 0.05) is 18.5 Å². The van der Waals surface area contributed by atoms with Crippen LogP contribution in [0, 0.1) is 0 Å². The van der Waals surface area contributed by atoms with Crippen molar-refractivity contribution >= 4 is 22.6 Å². The van der Waals surface area contributed by atoms with Gasteiger partial charge in [-0.25, -0.2) is 4.79 Å². The fraction of sp³-hybridized carbons (Fsp3) is 0.304. The van der Waals surface area contributed by atoms with E-state index in [2.05, 4.69) is 5.10 Å². The van der Waals surface area contributed by atoms with Gasteiger partial charge in [0.05, 0.1) is 11.1 Å². The molecule has 0 spiro atoms. The van der Waals surface area contributed by atoms with Gasteiger partial charge in [-0.05, 0) is 31.0 Å². The summed E-state index contributed by atoms with van der Waals surface area (Å²) in [6.45, 7) is 4.85. The Balaban J connectivity index is 1.93. The fourth-order valence-electron chi connectivity index (χ4n) is 3.27. The molecule has 0 unspecified atom stereocenters. The van der Waals surface area contributed by atoms with Crippen LogP contribution in [0.5, 0.6) is 0 Å². The van der Waals surface area contributed by atoms with E-state index in [0.717, 1.165) is 12.8 Å². The van der Waals surface area contributed by atoms with Crippen molar-refractivity contribution in [2.24, 2.45) is 0 Å². The van der Waals surface area contributed by atoms with E-state index in [1.165, 1.54) is 4.68 Å². The van der Waals surface area contributed by atoms with Gasteiger partial charge in [-0.15, -0.1) is 0 Å². The third-order valence-corrected chi connectivity index (χ3v) is 4.67. The minimum atomic E-state index is -0.739. The van der Waals surface area contributed by atoms with Gasteiger partial charge < -0.3 is 9.64 Å². The number of esters is 1. The van der Waals surface area contributed by atoms with E-state index in [4.69, 9.17) is 4.74 Å². The summed E-state index contributed by atoms with van der Waals surface area (Å²) < 4.78 is 6.48. The van der Waals surface area contributed by atoms with Crippen molar-refractivity contribution in [2.45, 2.75) is 26.7 Å². The number of amides is 1. The van der Waals surface area contributed by atoms with Crippen LogP contribution in [0.3, 0.4) is 0 Å². The Morgan fingerprint density at radius 2 is 1.53 bits per heavy atom. The molecule has 1 amide bonds. The highest BCUT2D eigenvalue weighted by atomic mass is 16.5. The lowest BCUT2D eigenvalue weighted by Crippen LogP contribution is -2.36. The summed E-state index contributed by atoms with van der Waals surface area (Å²) in [5, 5.41) is 5.02. The van der Waals surface area contributed by atoms with Crippen LogP contribution in [-0.2, 0) is 9.53 Å². The molecule has 0 atom stereocenters. The SMILES string of the molecule is CCCN(CCC)C(=O)COC(=O)c1nn(-c2ccccc2)c(=O)c2ccccc12. The molecule has 30 heavy (non-hydrogen) atoms. The highest BCUT2D eigenvalue weighted by Crippen LogP contribution is 2.16. The van der Waals surface area contributed by atoms with Crippen LogP contribution in [-0.4, -0.2) is 46.3 Å². The van der Waals surface area contributed by atoms with Crippen molar-refractivity contribution in [1.29, 1.82) is 0 Å². The monoisotopic (exact) mass is 407 g/mol. The van der Waals surface area contributed by atoms with Crippen LogP contribution in [0.25, 0.3) is 16.5 Å². The quantitative estimate of drug-likeness (QED) is 0.536. The number of fused-ring (bicyclic) bond motifs is 1. The van der Waals surface area contributed by atoms with Crippen LogP contribution < -0.4 is 5.56 Å². The zero-order valence-electron chi connectivity index (χ0n) is 17.2. The number of para-hydroxylation sites is 1. The zero-order valence-corrected chi connectivity index (χ0v) is 17.2. The van der Waals surface area contributed by atoms with Crippen LogP contribution in [0.2, 0.25) is 0 Å². The maximum absolute atomic E-state index is 12.9. The molecule has 0 radical (unpaired) electrons. The first-order valence-corrected chi connectivity index (χ1v) is 10.1. The largest absolute Gasteiger partial charge is 0.451 e. The molecule has 0 N–H and O–H groups in total. The summed E-state index contributed by atoms with van der Waals surface area (Å²) in [6, 6.07) is 15.6. The molecule has 156 valence electrons. The maximum atomic E-state index is 12.9. The van der Waals surface area contributed by atoms with Crippen LogP contribution in [0.15, 0.2) is 59.4 Å². The number of carbonyl (C=O) groups excluding carboxylic acids is 2. The van der Waals surface area contributed by atoms with Crippen molar-refractivity contribution in [1.82, 2.24) is 14.7 Å². The second-order valence-electron chi connectivity index (χ2n) is 6.90. The van der Waals surface area contributed by atoms with Crippen LogP contribution in [0.1, 0.15) is 37.2 Å². The van der Waals surface area contributed by atoms with Gasteiger partial charge in [-0.3, -0.25) is 9.59 Å². The van der Waals surface area contributed by atoms with E-state index in [1.54, 1.807) is 53.4 Å². The first-order valence-electron chi connectivity index (χ1n) is 10.1. The predicted octanol–water partition coefficient (Wildman–Crippen LogP) is 3.19. The molecule has 0 aliphatic heterocycles. The van der Waals surface area contributed by atoms with E-state index in [-0.39, 0.29) is 23.8 Å². The van der Waals surface area contributed by atoms with Gasteiger partial charge in [0.25, 0.3) is 11.5 Å². The van der Waals surface area contributed by atoms with Crippen LogP contribution >= 0.6 is 0 Å². The van der Waals surface area contributed by atoms with Crippen molar-refractivity contribution in [3.05, 3.63) is 70.6 Å². The third-order valence-electron chi connectivity index (χ3n) is 4.67. The maximum Gasteiger partial charge on any atom is 0.359 e. The molecular formula is C23H25N3O4. The van der Waals surface area contributed by atoms with Gasteiger partial charge in [0.15, 0.2) is 12.3 Å². The van der Waals surface area contributed by atoms with E-state index >= 15 is 0 Å². The number of carbonyl (C=O) groups is 2. The van der Waals surface area contributed by atoms with Gasteiger partial charge in [-0.1, -0.05) is 50.2 Å². The number of aromatic nitrogens is 2. The minimum absolute atomic E-state index is 0.000568. The van der Waals surface area contributed by atoms with E-state index in [1.807, 2.05) is 19.9 Å². The van der Waals surface area contributed by atoms with Crippen LogP contribution in [0.4, 0.5) is 0 Å². The van der Waals surface area contributed by atoms with E-state index in [9.17, 15) is 14.4 Å². The Morgan fingerprint density at radius 3 is 2.17 bits per heavy atom. The molecular weight excluding hydrogens is 382 g/mol. The predicted molar refractivity (Wildman–Crippen MR) is 115 cm³/mol. The summed E-state index contributed by atoms with van der Waals surface area (Å²) in [5.41, 5.74) is 0.205.